The zero-order valence-electron chi connectivity index (χ0n) is 8.76. The van der Waals surface area contributed by atoms with E-state index in [0.29, 0.717) is 25.3 Å². The highest BCUT2D eigenvalue weighted by atomic mass is 19.3. The van der Waals surface area contributed by atoms with Crippen LogP contribution in [0.3, 0.4) is 0 Å². The van der Waals surface area contributed by atoms with Crippen LogP contribution in [0.25, 0.3) is 0 Å². The highest BCUT2D eigenvalue weighted by Gasteiger charge is 2.35. The lowest BCUT2D eigenvalue weighted by molar-refractivity contribution is 0.00349. The van der Waals surface area contributed by atoms with Crippen molar-refractivity contribution in [1.82, 2.24) is 14.9 Å². The first-order valence-corrected chi connectivity index (χ1v) is 4.89. The number of hydrogen-bond acceptors (Lipinski definition) is 3. The first-order valence-electron chi connectivity index (χ1n) is 4.89. The Morgan fingerprint density at radius 3 is 2.88 bits per heavy atom. The van der Waals surface area contributed by atoms with Crippen molar-refractivity contribution in [2.45, 2.75) is 25.9 Å². The van der Waals surface area contributed by atoms with Crippen LogP contribution in [0, 0.1) is 0 Å². The highest BCUT2D eigenvalue weighted by molar-refractivity contribution is 5.92. The van der Waals surface area contributed by atoms with Gasteiger partial charge < -0.3 is 15.6 Å². The number of amides is 1. The predicted octanol–water partition coefficient (Wildman–Crippen LogP) is 0.197. The van der Waals surface area contributed by atoms with E-state index >= 15 is 0 Å². The van der Waals surface area contributed by atoms with Crippen molar-refractivity contribution >= 4 is 5.91 Å². The Balaban J connectivity index is 2.59. The summed E-state index contributed by atoms with van der Waals surface area (Å²) in [6, 6.07) is 0. The number of halogens is 2. The first kappa shape index (κ1) is 11.0. The first-order chi connectivity index (χ1) is 7.41. The fraction of sp³-hybridized carbons (Fsp3) is 0.556. The van der Waals surface area contributed by atoms with Gasteiger partial charge in [0.15, 0.2) is 11.5 Å². The number of rotatable bonds is 2. The van der Waals surface area contributed by atoms with E-state index in [9.17, 15) is 13.6 Å². The van der Waals surface area contributed by atoms with Crippen molar-refractivity contribution < 1.29 is 13.6 Å². The van der Waals surface area contributed by atoms with Crippen molar-refractivity contribution in [2.75, 3.05) is 6.54 Å². The van der Waals surface area contributed by atoms with Gasteiger partial charge in [0, 0.05) is 26.6 Å². The summed E-state index contributed by atoms with van der Waals surface area (Å²) in [7, 11) is 0. The molecule has 0 unspecified atom stereocenters. The van der Waals surface area contributed by atoms with Crippen LogP contribution in [0.1, 0.15) is 28.9 Å². The number of fused-ring (bicyclic) bond motifs is 1. The fourth-order valence-corrected chi connectivity index (χ4v) is 1.84. The van der Waals surface area contributed by atoms with Crippen molar-refractivity contribution in [3.05, 3.63) is 17.2 Å². The average molecular weight is 230 g/mol. The molecule has 0 radical (unpaired) electrons. The van der Waals surface area contributed by atoms with Gasteiger partial charge in [-0.3, -0.25) is 4.79 Å². The second kappa shape index (κ2) is 3.51. The summed E-state index contributed by atoms with van der Waals surface area (Å²) >= 11 is 0. The third-order valence-corrected chi connectivity index (χ3v) is 2.50. The zero-order valence-corrected chi connectivity index (χ0v) is 8.76. The summed E-state index contributed by atoms with van der Waals surface area (Å²) in [6.07, 6.45) is 0. The molecule has 1 aromatic rings. The van der Waals surface area contributed by atoms with E-state index in [1.54, 1.807) is 0 Å². The number of hydrogen-bond donors (Lipinski definition) is 2. The average Bonchev–Trinajstić information content (AvgIpc) is 2.56. The molecule has 0 spiro atoms. The number of alkyl halides is 2. The summed E-state index contributed by atoms with van der Waals surface area (Å²) in [5, 5.41) is 2.99. The van der Waals surface area contributed by atoms with Crippen LogP contribution in [0.15, 0.2) is 0 Å². The Morgan fingerprint density at radius 1 is 1.62 bits per heavy atom. The van der Waals surface area contributed by atoms with Gasteiger partial charge in [-0.15, -0.1) is 0 Å². The maximum Gasteiger partial charge on any atom is 0.302 e. The summed E-state index contributed by atoms with van der Waals surface area (Å²) in [5.74, 6) is -4.24. The molecule has 1 aromatic heterocycles. The van der Waals surface area contributed by atoms with Crippen LogP contribution in [-0.2, 0) is 19.0 Å². The Hall–Kier alpha value is -1.50. The molecular weight excluding hydrogens is 218 g/mol. The summed E-state index contributed by atoms with van der Waals surface area (Å²) < 4.78 is 27.9. The molecule has 0 aromatic carbocycles. The molecule has 1 aliphatic rings. The number of imidazole rings is 1. The number of nitrogens with two attached hydrogens (primary N) is 1. The number of primary amides is 1. The molecule has 2 rings (SSSR count). The van der Waals surface area contributed by atoms with Gasteiger partial charge in [-0.1, -0.05) is 0 Å². The maximum atomic E-state index is 13.3. The minimum absolute atomic E-state index is 0.0660. The molecule has 0 saturated carbocycles. The molecule has 1 aliphatic heterocycles. The van der Waals surface area contributed by atoms with E-state index in [4.69, 9.17) is 5.73 Å². The molecule has 0 bridgehead atoms. The van der Waals surface area contributed by atoms with Crippen molar-refractivity contribution in [3.63, 3.8) is 0 Å². The molecule has 0 fully saturated rings. The third-order valence-electron chi connectivity index (χ3n) is 2.50. The number of carbonyl (C=O) groups is 1. The Kier molecular flexibility index (Phi) is 2.42. The van der Waals surface area contributed by atoms with Crippen LogP contribution in [0.2, 0.25) is 0 Å². The predicted molar refractivity (Wildman–Crippen MR) is 52.0 cm³/mol. The van der Waals surface area contributed by atoms with E-state index in [2.05, 4.69) is 10.3 Å². The zero-order chi connectivity index (χ0) is 11.9. The number of nitrogens with one attached hydrogen (secondary N) is 1. The molecule has 7 heteroatoms. The van der Waals surface area contributed by atoms with Gasteiger partial charge >= 0.3 is 5.92 Å². The number of aromatic nitrogens is 2. The molecular formula is C9H12F2N4O. The summed E-state index contributed by atoms with van der Waals surface area (Å²) in [4.78, 5) is 14.7. The van der Waals surface area contributed by atoms with E-state index in [1.165, 1.54) is 4.57 Å². The summed E-state index contributed by atoms with van der Waals surface area (Å²) in [6.45, 7) is 2.04. The minimum atomic E-state index is -3.07. The molecule has 16 heavy (non-hydrogen) atoms. The molecule has 0 atom stereocenters. The topological polar surface area (TPSA) is 72.9 Å². The smallest absolute Gasteiger partial charge is 0.302 e. The van der Waals surface area contributed by atoms with Gasteiger partial charge in [0.2, 0.25) is 0 Å². The Labute approximate surface area is 90.6 Å². The second-order valence-corrected chi connectivity index (χ2v) is 3.81. The highest BCUT2D eigenvalue weighted by Crippen LogP contribution is 2.29. The fourth-order valence-electron chi connectivity index (χ4n) is 1.84. The van der Waals surface area contributed by atoms with E-state index in [0.717, 1.165) is 6.92 Å². The second-order valence-electron chi connectivity index (χ2n) is 3.81. The number of carbonyl (C=O) groups excluding carboxylic acids is 1. The van der Waals surface area contributed by atoms with Crippen LogP contribution in [-0.4, -0.2) is 22.0 Å². The molecule has 0 aliphatic carbocycles. The van der Waals surface area contributed by atoms with Gasteiger partial charge in [-0.25, -0.2) is 4.98 Å². The Morgan fingerprint density at radius 2 is 2.31 bits per heavy atom. The summed E-state index contributed by atoms with van der Waals surface area (Å²) in [5.41, 5.74) is 5.48. The normalized spacial score (nSPS) is 15.9. The largest absolute Gasteiger partial charge is 0.364 e. The van der Waals surface area contributed by atoms with Crippen molar-refractivity contribution in [3.8, 4) is 0 Å². The molecule has 1 amide bonds. The Bertz CT molecular complexity index is 435. The lowest BCUT2D eigenvalue weighted by Gasteiger charge is -2.20. The quantitative estimate of drug-likeness (QED) is 0.762. The molecule has 3 N–H and O–H groups in total. The molecule has 88 valence electrons. The van der Waals surface area contributed by atoms with E-state index in [-0.39, 0.29) is 5.69 Å². The standard InChI is InChI=1S/C9H12F2N4O/c1-9(10,11)8-14-6(7(12)16)5-4-13-2-3-15(5)8/h13H,2-4H2,1H3,(H2,12,16). The molecule has 2 heterocycles. The van der Waals surface area contributed by atoms with Crippen LogP contribution < -0.4 is 11.1 Å². The van der Waals surface area contributed by atoms with E-state index < -0.39 is 17.7 Å². The SMILES string of the molecule is CC(F)(F)c1nc(C(N)=O)c2n1CCNC2. The van der Waals surface area contributed by atoms with Crippen LogP contribution >= 0.6 is 0 Å². The van der Waals surface area contributed by atoms with Gasteiger partial charge in [0.25, 0.3) is 5.91 Å². The third kappa shape index (κ3) is 1.67. The molecule has 5 nitrogen and oxygen atoms in total. The lowest BCUT2D eigenvalue weighted by atomic mass is 10.2. The van der Waals surface area contributed by atoms with Crippen LogP contribution in [0.5, 0.6) is 0 Å². The van der Waals surface area contributed by atoms with Gasteiger partial charge in [0.05, 0.1) is 5.69 Å². The minimum Gasteiger partial charge on any atom is -0.364 e. The van der Waals surface area contributed by atoms with Crippen LogP contribution in [0.4, 0.5) is 8.78 Å². The van der Waals surface area contributed by atoms with Gasteiger partial charge in [-0.05, 0) is 0 Å². The monoisotopic (exact) mass is 230 g/mol. The van der Waals surface area contributed by atoms with Crippen molar-refractivity contribution in [2.24, 2.45) is 5.73 Å². The van der Waals surface area contributed by atoms with Crippen molar-refractivity contribution in [1.29, 1.82) is 0 Å². The lowest BCUT2D eigenvalue weighted by Crippen LogP contribution is -2.31. The molecule has 0 saturated heterocycles. The maximum absolute atomic E-state index is 13.3. The van der Waals surface area contributed by atoms with Gasteiger partial charge in [-0.2, -0.15) is 8.78 Å². The van der Waals surface area contributed by atoms with Gasteiger partial charge in [0.1, 0.15) is 0 Å². The number of nitrogens with zero attached hydrogens (tertiary/aromatic N) is 2. The van der Waals surface area contributed by atoms with E-state index in [1.807, 2.05) is 0 Å².